The van der Waals surface area contributed by atoms with E-state index in [1.54, 1.807) is 35.2 Å². The van der Waals surface area contributed by atoms with E-state index >= 15 is 0 Å². The van der Waals surface area contributed by atoms with Crippen molar-refractivity contribution in [3.63, 3.8) is 0 Å². The summed E-state index contributed by atoms with van der Waals surface area (Å²) in [4.78, 5) is 45.4. The molecular formula is C26H34N3O6P. The molecule has 9 nitrogen and oxygen atoms in total. The number of allylic oxidation sites excluding steroid dienone is 1. The molecule has 1 aliphatic heterocycles. The molecule has 1 fully saturated rings. The molecule has 0 spiro atoms. The van der Waals surface area contributed by atoms with Gasteiger partial charge in [-0.1, -0.05) is 54.6 Å². The van der Waals surface area contributed by atoms with Gasteiger partial charge in [0.1, 0.15) is 0 Å². The molecule has 0 saturated carbocycles. The van der Waals surface area contributed by atoms with Crippen LogP contribution >= 0.6 is 7.60 Å². The largest absolute Gasteiger partial charge is 0.378 e. The van der Waals surface area contributed by atoms with Crippen LogP contribution < -0.4 is 11.1 Å². The predicted molar refractivity (Wildman–Crippen MR) is 138 cm³/mol. The number of carbonyl (C=O) groups is 2. The molecule has 0 aliphatic carbocycles. The van der Waals surface area contributed by atoms with Crippen LogP contribution in [0, 0.1) is 0 Å². The van der Waals surface area contributed by atoms with Gasteiger partial charge < -0.3 is 30.5 Å². The van der Waals surface area contributed by atoms with Crippen molar-refractivity contribution in [3.8, 4) is 0 Å². The van der Waals surface area contributed by atoms with E-state index in [2.05, 4.69) is 5.32 Å². The Morgan fingerprint density at radius 3 is 2.36 bits per heavy atom. The van der Waals surface area contributed by atoms with Crippen LogP contribution in [-0.2, 0) is 26.9 Å². The number of amides is 2. The average Bonchev–Trinajstić information content (AvgIpc) is 2.87. The van der Waals surface area contributed by atoms with Gasteiger partial charge in [0.05, 0.1) is 25.4 Å². The van der Waals surface area contributed by atoms with Crippen molar-refractivity contribution in [3.05, 3.63) is 83.4 Å². The van der Waals surface area contributed by atoms with Crippen molar-refractivity contribution in [1.82, 2.24) is 10.2 Å². The van der Waals surface area contributed by atoms with Gasteiger partial charge in [-0.15, -0.1) is 0 Å². The SMILES string of the molecule is N[C@@H](Cc1ccc(C(=O)N2CCOCC2)cc1)C(=O)N[C@H](/C=C/CP(=O)(O)O)CCc1ccccc1. The second kappa shape index (κ2) is 13.5. The fourth-order valence-corrected chi connectivity index (χ4v) is 4.31. The number of hydrogen-bond acceptors (Lipinski definition) is 5. The zero-order valence-corrected chi connectivity index (χ0v) is 21.1. The van der Waals surface area contributed by atoms with Crippen molar-refractivity contribution in [1.29, 1.82) is 0 Å². The third kappa shape index (κ3) is 9.33. The molecule has 2 atom stereocenters. The Hall–Kier alpha value is -2.81. The van der Waals surface area contributed by atoms with Gasteiger partial charge in [0.15, 0.2) is 0 Å². The number of nitrogens with one attached hydrogen (secondary N) is 1. The number of aryl methyl sites for hydroxylation is 1. The number of carbonyl (C=O) groups excluding carboxylic acids is 2. The van der Waals surface area contributed by atoms with Gasteiger partial charge >= 0.3 is 7.60 Å². The standard InChI is InChI=1S/C26H34N3O6P/c27-24(19-21-8-11-22(12-9-21)26(31)29-14-16-35-17-15-29)25(30)28-23(7-4-18-36(32,33)34)13-10-20-5-2-1-3-6-20/h1-9,11-12,23-24H,10,13-19,27H2,(H,28,30)(H2,32,33,34)/b7-4+/t23-,24+/m1/s1. The number of hydrogen-bond donors (Lipinski definition) is 4. The van der Waals surface area contributed by atoms with Gasteiger partial charge in [-0.3, -0.25) is 14.2 Å². The van der Waals surface area contributed by atoms with Gasteiger partial charge in [0.2, 0.25) is 5.91 Å². The van der Waals surface area contributed by atoms with Crippen LogP contribution in [0.4, 0.5) is 0 Å². The highest BCUT2D eigenvalue weighted by molar-refractivity contribution is 7.51. The smallest absolute Gasteiger partial charge is 0.329 e. The minimum absolute atomic E-state index is 0.0461. The first-order chi connectivity index (χ1) is 17.2. The fourth-order valence-electron chi connectivity index (χ4n) is 3.91. The average molecular weight is 516 g/mol. The molecule has 2 amide bonds. The Balaban J connectivity index is 1.57. The summed E-state index contributed by atoms with van der Waals surface area (Å²) in [6, 6.07) is 15.6. The van der Waals surface area contributed by atoms with E-state index in [0.717, 1.165) is 11.1 Å². The Bertz CT molecular complexity index is 1060. The first-order valence-corrected chi connectivity index (χ1v) is 13.8. The summed E-state index contributed by atoms with van der Waals surface area (Å²) in [5, 5.41) is 2.89. The summed E-state index contributed by atoms with van der Waals surface area (Å²) in [6.45, 7) is 2.21. The highest BCUT2D eigenvalue weighted by Gasteiger charge is 2.20. The third-order valence-corrected chi connectivity index (χ3v) is 6.60. The van der Waals surface area contributed by atoms with Crippen LogP contribution in [0.5, 0.6) is 0 Å². The zero-order chi connectivity index (χ0) is 26.0. The summed E-state index contributed by atoms with van der Waals surface area (Å²) in [5.41, 5.74) is 8.67. The van der Waals surface area contributed by atoms with E-state index in [-0.39, 0.29) is 18.2 Å². The molecule has 0 bridgehead atoms. The molecule has 1 aliphatic rings. The minimum atomic E-state index is -4.18. The Labute approximate surface area is 211 Å². The normalized spacial score (nSPS) is 16.0. The maximum absolute atomic E-state index is 12.8. The lowest BCUT2D eigenvalue weighted by Gasteiger charge is -2.26. The Morgan fingerprint density at radius 1 is 1.06 bits per heavy atom. The maximum atomic E-state index is 12.8. The topological polar surface area (TPSA) is 142 Å². The summed E-state index contributed by atoms with van der Waals surface area (Å²) < 4.78 is 16.5. The van der Waals surface area contributed by atoms with Gasteiger partial charge in [0, 0.05) is 24.7 Å². The minimum Gasteiger partial charge on any atom is -0.378 e. The monoisotopic (exact) mass is 515 g/mol. The molecule has 0 radical (unpaired) electrons. The second-order valence-electron chi connectivity index (χ2n) is 8.83. The van der Waals surface area contributed by atoms with Gasteiger partial charge in [-0.25, -0.2) is 0 Å². The predicted octanol–water partition coefficient (Wildman–Crippen LogP) is 1.88. The highest BCUT2D eigenvalue weighted by Crippen LogP contribution is 2.33. The zero-order valence-electron chi connectivity index (χ0n) is 20.2. The molecule has 2 aromatic carbocycles. The van der Waals surface area contributed by atoms with Crippen LogP contribution in [0.25, 0.3) is 0 Å². The number of nitrogens with zero attached hydrogens (tertiary/aromatic N) is 1. The molecule has 2 aromatic rings. The molecule has 0 aromatic heterocycles. The maximum Gasteiger partial charge on any atom is 0.329 e. The van der Waals surface area contributed by atoms with E-state index in [4.69, 9.17) is 20.3 Å². The molecule has 0 unspecified atom stereocenters. The van der Waals surface area contributed by atoms with Gasteiger partial charge in [0.25, 0.3) is 5.91 Å². The molecule has 5 N–H and O–H groups in total. The van der Waals surface area contributed by atoms with Crippen molar-refractivity contribution in [2.45, 2.75) is 31.3 Å². The summed E-state index contributed by atoms with van der Waals surface area (Å²) >= 11 is 0. The molecule has 194 valence electrons. The lowest BCUT2D eigenvalue weighted by Crippen LogP contribution is -2.46. The molecule has 36 heavy (non-hydrogen) atoms. The van der Waals surface area contributed by atoms with Crippen LogP contribution in [-0.4, -0.2) is 71.0 Å². The van der Waals surface area contributed by atoms with E-state index < -0.39 is 25.8 Å². The van der Waals surface area contributed by atoms with Crippen LogP contribution in [0.3, 0.4) is 0 Å². The number of morpholine rings is 1. The molecular weight excluding hydrogens is 481 g/mol. The van der Waals surface area contributed by atoms with E-state index in [1.807, 2.05) is 30.3 Å². The Kier molecular flexibility index (Phi) is 10.4. The fraction of sp³-hybridized carbons (Fsp3) is 0.385. The van der Waals surface area contributed by atoms with Crippen LogP contribution in [0.15, 0.2) is 66.7 Å². The van der Waals surface area contributed by atoms with Gasteiger partial charge in [-0.2, -0.15) is 0 Å². The lowest BCUT2D eigenvalue weighted by atomic mass is 10.0. The van der Waals surface area contributed by atoms with Crippen molar-refractivity contribution >= 4 is 19.4 Å². The summed E-state index contributed by atoms with van der Waals surface area (Å²) in [7, 11) is -4.18. The number of rotatable bonds is 11. The Morgan fingerprint density at radius 2 is 1.72 bits per heavy atom. The van der Waals surface area contributed by atoms with Crippen molar-refractivity contribution in [2.24, 2.45) is 5.73 Å². The van der Waals surface area contributed by atoms with Crippen molar-refractivity contribution in [2.75, 3.05) is 32.5 Å². The molecule has 10 heteroatoms. The summed E-state index contributed by atoms with van der Waals surface area (Å²) in [6.07, 6.45) is 4.13. The highest BCUT2D eigenvalue weighted by atomic mass is 31.2. The van der Waals surface area contributed by atoms with E-state index in [0.29, 0.717) is 44.7 Å². The first kappa shape index (κ1) is 27.8. The molecule has 1 saturated heterocycles. The summed E-state index contributed by atoms with van der Waals surface area (Å²) in [5.74, 6) is -0.405. The third-order valence-electron chi connectivity index (χ3n) is 5.92. The van der Waals surface area contributed by atoms with E-state index in [1.165, 1.54) is 6.08 Å². The van der Waals surface area contributed by atoms with E-state index in [9.17, 15) is 14.2 Å². The number of nitrogens with two attached hydrogens (primary N) is 1. The molecule has 1 heterocycles. The number of benzene rings is 2. The quantitative estimate of drug-likeness (QED) is 0.264. The number of ether oxygens (including phenoxy) is 1. The second-order valence-corrected chi connectivity index (χ2v) is 10.5. The van der Waals surface area contributed by atoms with Crippen LogP contribution in [0.2, 0.25) is 0 Å². The first-order valence-electron chi connectivity index (χ1n) is 12.0. The van der Waals surface area contributed by atoms with Crippen LogP contribution in [0.1, 0.15) is 27.9 Å². The lowest BCUT2D eigenvalue weighted by molar-refractivity contribution is -0.122. The van der Waals surface area contributed by atoms with Gasteiger partial charge in [-0.05, 0) is 42.5 Å². The molecule has 3 rings (SSSR count). The van der Waals surface area contributed by atoms with Crippen molar-refractivity contribution < 1.29 is 28.7 Å².